The Labute approximate surface area is 597 Å². The predicted molar refractivity (Wildman–Crippen MR) is 395 cm³/mol. The number of unbranched alkanes of at least 4 members (excludes halogenated alkanes) is 1. The first-order valence-corrected chi connectivity index (χ1v) is 34.7. The number of guanidine groups is 3. The van der Waals surface area contributed by atoms with Gasteiger partial charge in [-0.15, -0.1) is 0 Å². The van der Waals surface area contributed by atoms with Crippen LogP contribution in [0.1, 0.15) is 116 Å². The number of nitrogens with one attached hydrogen (secondary N) is 12. The summed E-state index contributed by atoms with van der Waals surface area (Å²) >= 11 is 0. The van der Waals surface area contributed by atoms with Crippen molar-refractivity contribution in [3.05, 3.63) is 108 Å². The van der Waals surface area contributed by atoms with E-state index in [9.17, 15) is 33.6 Å². The van der Waals surface area contributed by atoms with Gasteiger partial charge in [0.2, 0.25) is 59.1 Å². The highest BCUT2D eigenvalue weighted by atomic mass is 16.2. The molecule has 0 bridgehead atoms. The third-order valence-electron chi connectivity index (χ3n) is 17.6. The number of aliphatic imine (C=N–C) groups is 3. The minimum atomic E-state index is -1.50. The summed E-state index contributed by atoms with van der Waals surface area (Å²) in [6.45, 7) is 8.53. The van der Waals surface area contributed by atoms with Crippen LogP contribution in [-0.2, 0) is 67.2 Å². The predicted octanol–water partition coefficient (Wildman–Crippen LogP) is -0.981. The van der Waals surface area contributed by atoms with Gasteiger partial charge in [0.1, 0.15) is 54.4 Å². The highest BCUT2D eigenvalue weighted by Gasteiger charge is 2.37. The zero-order chi connectivity index (χ0) is 75.3. The van der Waals surface area contributed by atoms with Gasteiger partial charge in [-0.1, -0.05) is 88.7 Å². The van der Waals surface area contributed by atoms with Crippen LogP contribution < -0.4 is 93.7 Å². The van der Waals surface area contributed by atoms with Crippen LogP contribution in [0.4, 0.5) is 0 Å². The zero-order valence-corrected chi connectivity index (χ0v) is 59.1. The molecule has 10 amide bonds. The molecule has 28 N–H and O–H groups in total. The number of para-hydroxylation sites is 3. The van der Waals surface area contributed by atoms with Gasteiger partial charge in [-0.2, -0.15) is 0 Å². The summed E-state index contributed by atoms with van der Waals surface area (Å²) in [6.07, 6.45) is 6.46. The minimum absolute atomic E-state index is 0.00867. The van der Waals surface area contributed by atoms with E-state index in [2.05, 4.69) is 77.8 Å². The normalized spacial score (nSPS) is 14.2. The molecule has 0 aliphatic rings. The molecule has 6 rings (SSSR count). The van der Waals surface area contributed by atoms with Gasteiger partial charge in [0.15, 0.2) is 17.9 Å². The second-order valence-electron chi connectivity index (χ2n) is 25.9. The van der Waals surface area contributed by atoms with Gasteiger partial charge >= 0.3 is 0 Å². The number of H-pyrrole nitrogens is 3. The fraction of sp³-hybridized carbons (Fsp3) is 0.471. The number of hydrogen-bond acceptors (Lipinski definition) is 14. The van der Waals surface area contributed by atoms with Crippen LogP contribution in [-0.4, -0.2) is 172 Å². The average molecular weight is 1430 g/mol. The average Bonchev–Trinajstić information content (AvgIpc) is 1.73. The van der Waals surface area contributed by atoms with Crippen molar-refractivity contribution in [1.82, 2.24) is 62.8 Å². The maximum absolute atomic E-state index is 15.2. The molecule has 3 aromatic carbocycles. The van der Waals surface area contributed by atoms with Crippen molar-refractivity contribution in [3.63, 3.8) is 0 Å². The number of nitrogens with two attached hydrogens (primary N) is 8. The molecule has 0 saturated heterocycles. The van der Waals surface area contributed by atoms with Gasteiger partial charge in [0, 0.05) is 97.1 Å². The third kappa shape index (κ3) is 25.1. The maximum atomic E-state index is 15.2. The third-order valence-corrected chi connectivity index (χ3v) is 17.6. The Morgan fingerprint density at radius 3 is 1.01 bits per heavy atom. The van der Waals surface area contributed by atoms with E-state index in [1.54, 1.807) is 45.4 Å². The molecule has 558 valence electrons. The van der Waals surface area contributed by atoms with Crippen LogP contribution in [0.5, 0.6) is 0 Å². The number of hydrogen-bond donors (Lipinski definition) is 20. The molecule has 0 saturated carbocycles. The highest BCUT2D eigenvalue weighted by Crippen LogP contribution is 2.24. The van der Waals surface area contributed by atoms with Crippen molar-refractivity contribution in [2.45, 2.75) is 172 Å². The van der Waals surface area contributed by atoms with Crippen molar-refractivity contribution in [2.24, 2.45) is 72.7 Å². The molecule has 3 aromatic heterocycles. The van der Waals surface area contributed by atoms with E-state index in [1.807, 2.05) is 73.7 Å². The smallest absolute Gasteiger partial charge is 0.243 e. The van der Waals surface area contributed by atoms with E-state index >= 15 is 14.4 Å². The number of rotatable bonds is 43. The van der Waals surface area contributed by atoms with E-state index in [-0.39, 0.29) is 108 Å². The number of benzene rings is 3. The Kier molecular flexibility index (Phi) is 31.6. The molecule has 0 radical (unpaired) electrons. The van der Waals surface area contributed by atoms with Crippen molar-refractivity contribution in [1.29, 1.82) is 0 Å². The summed E-state index contributed by atoms with van der Waals surface area (Å²) in [4.78, 5) is 166. The molecule has 10 atom stereocenters. The lowest BCUT2D eigenvalue weighted by atomic mass is 9.97. The second kappa shape index (κ2) is 40.3. The van der Waals surface area contributed by atoms with Crippen LogP contribution in [0.2, 0.25) is 0 Å². The number of carbonyl (C=O) groups is 10. The monoisotopic (exact) mass is 1430 g/mol. The van der Waals surface area contributed by atoms with Crippen LogP contribution in [0.3, 0.4) is 0 Å². The number of aromatic nitrogens is 3. The lowest BCUT2D eigenvalue weighted by Gasteiger charge is -2.29. The Morgan fingerprint density at radius 2 is 0.689 bits per heavy atom. The Morgan fingerprint density at radius 1 is 0.388 bits per heavy atom. The Hall–Kier alpha value is -11.3. The topological polar surface area (TPSA) is 572 Å². The Balaban J connectivity index is 1.33. The molecule has 0 aliphatic carbocycles. The van der Waals surface area contributed by atoms with Gasteiger partial charge in [-0.3, -0.25) is 62.9 Å². The summed E-state index contributed by atoms with van der Waals surface area (Å²) in [5.74, 6) is -9.48. The van der Waals surface area contributed by atoms with Crippen LogP contribution in [0.15, 0.2) is 106 Å². The van der Waals surface area contributed by atoms with Gasteiger partial charge < -0.3 is 109 Å². The first-order valence-electron chi connectivity index (χ1n) is 34.7. The van der Waals surface area contributed by atoms with Crippen LogP contribution in [0.25, 0.3) is 32.7 Å². The van der Waals surface area contributed by atoms with Gasteiger partial charge in [0.25, 0.3) is 0 Å². The van der Waals surface area contributed by atoms with E-state index in [0.717, 1.165) is 21.8 Å². The van der Waals surface area contributed by atoms with Gasteiger partial charge in [0.05, 0.1) is 0 Å². The molecular weight excluding hydrogens is 1320 g/mol. The summed E-state index contributed by atoms with van der Waals surface area (Å²) in [6, 6.07) is 9.84. The number of carbonyl (C=O) groups excluding carboxylic acids is 10. The summed E-state index contributed by atoms with van der Waals surface area (Å²) in [7, 11) is 0. The lowest BCUT2D eigenvalue weighted by Crippen LogP contribution is -2.61. The first kappa shape index (κ1) is 80.7. The molecule has 0 aliphatic heterocycles. The van der Waals surface area contributed by atoms with Crippen LogP contribution in [0, 0.1) is 11.8 Å². The first-order chi connectivity index (χ1) is 49.2. The molecule has 103 heavy (non-hydrogen) atoms. The number of fused-ring (bicyclic) bond motifs is 3. The number of primary amides is 1. The molecule has 0 unspecified atom stereocenters. The summed E-state index contributed by atoms with van der Waals surface area (Å²) in [5, 5.41) is 27.3. The fourth-order valence-electron chi connectivity index (χ4n) is 11.9. The summed E-state index contributed by atoms with van der Waals surface area (Å²) < 4.78 is 0. The SMILES string of the molecule is CC[C@H](C)[C@H](NC(=O)[C@H](Cc1c[nH]c2ccccc12)NC(=O)[C@H](CCCN=C(N)N)NC(=O)[C@@H](NC(=O)[C@H](Cc1c[nH]c2ccccc12)NC(=O)[C@H](CCCN=C(N)N)NC(=O)[C@H](CCCN=C(N)N)NC(=O)[C@H](Cc1c[nH]c2ccccc12)NC(=O)[C@H](CCCCN)NC(C)=O)C(C)C)C(N)=O. The quantitative estimate of drug-likeness (QED) is 0.0124. The van der Waals surface area contributed by atoms with Crippen molar-refractivity contribution >= 4 is 110 Å². The molecule has 6 aromatic rings. The molecule has 0 spiro atoms. The van der Waals surface area contributed by atoms with Crippen molar-refractivity contribution in [3.8, 4) is 0 Å². The summed E-state index contributed by atoms with van der Waals surface area (Å²) in [5.41, 5.74) is 49.7. The van der Waals surface area contributed by atoms with Crippen molar-refractivity contribution < 1.29 is 47.9 Å². The van der Waals surface area contributed by atoms with E-state index < -0.39 is 119 Å². The zero-order valence-electron chi connectivity index (χ0n) is 59.1. The van der Waals surface area contributed by atoms with E-state index in [0.29, 0.717) is 53.4 Å². The second-order valence-corrected chi connectivity index (χ2v) is 25.9. The van der Waals surface area contributed by atoms with E-state index in [4.69, 9.17) is 45.9 Å². The molecular formula is C70H103N23O10. The highest BCUT2D eigenvalue weighted by molar-refractivity contribution is 6.00. The van der Waals surface area contributed by atoms with Gasteiger partial charge in [-0.25, -0.2) is 0 Å². The molecule has 0 fully saturated rings. The molecule has 33 nitrogen and oxygen atoms in total. The minimum Gasteiger partial charge on any atom is -0.370 e. The molecule has 33 heteroatoms. The van der Waals surface area contributed by atoms with Gasteiger partial charge in [-0.05, 0) is 111 Å². The van der Waals surface area contributed by atoms with E-state index in [1.165, 1.54) is 6.92 Å². The number of amides is 10. The maximum Gasteiger partial charge on any atom is 0.243 e. The number of aromatic amines is 3. The lowest BCUT2D eigenvalue weighted by molar-refractivity contribution is -0.136. The standard InChI is InChI=1S/C70H103N23O10/c1-6-39(4)58(59(72)95)93-66(102)56(34-43-37-84-49-23-12-9-20-46(43)49)91-63(99)53(27-17-31-81-70(77)78)88-67(103)57(38(2)3)92-65(101)55(33-42-36-83-48-22-11-8-19-45(42)48)90-62(98)52(26-16-30-80-69(75)76)86-61(97)51(25-15-29-79-68(73)74)87-64(100)54(32-41-35-82-47-21-10-7-18-44(41)47)89-60(96)50(85-40(5)94)24-13-14-28-71/h7-12,18-23,35-39,50-58,82-84H,6,13-17,24-34,71H2,1-5H3,(H2,72,95)(H,85,94)(H,86,97)(H,87,100)(H,88,103)(H,89,96)(H,90,98)(H,91,99)(H,92,101)(H,93,102)(H4,73,74,79)(H4,75,76,80)(H4,77,78,81)/t39-,50-,51-,52-,53-,54-,55-,56-,57-,58-/m0/s1. The largest absolute Gasteiger partial charge is 0.370 e. The Bertz CT molecular complexity index is 3960. The van der Waals surface area contributed by atoms with Crippen LogP contribution >= 0.6 is 0 Å². The van der Waals surface area contributed by atoms with Crippen molar-refractivity contribution in [2.75, 3.05) is 26.2 Å². The fourth-order valence-corrected chi connectivity index (χ4v) is 11.9. The number of nitrogens with zero attached hydrogens (tertiary/aromatic N) is 3. The molecule has 3 heterocycles.